The molecular formula is C24H21Cl2N3O7S. The fourth-order valence-electron chi connectivity index (χ4n) is 3.03. The zero-order valence-corrected chi connectivity index (χ0v) is 21.9. The first-order chi connectivity index (χ1) is 17.6. The Bertz CT molecular complexity index is 1420. The van der Waals surface area contributed by atoms with E-state index >= 15 is 0 Å². The highest BCUT2D eigenvalue weighted by atomic mass is 35.5. The number of methoxy groups -OCH3 is 2. The van der Waals surface area contributed by atoms with Crippen LogP contribution in [0.1, 0.15) is 5.56 Å². The molecule has 0 heterocycles. The molecule has 0 spiro atoms. The van der Waals surface area contributed by atoms with E-state index in [0.29, 0.717) is 10.6 Å². The van der Waals surface area contributed by atoms with E-state index in [1.54, 1.807) is 24.3 Å². The van der Waals surface area contributed by atoms with E-state index in [1.165, 1.54) is 62.9 Å². The molecule has 0 aromatic heterocycles. The van der Waals surface area contributed by atoms with Gasteiger partial charge in [0.2, 0.25) is 0 Å². The van der Waals surface area contributed by atoms with Gasteiger partial charge in [-0.2, -0.15) is 5.10 Å². The van der Waals surface area contributed by atoms with Gasteiger partial charge < -0.3 is 14.2 Å². The van der Waals surface area contributed by atoms with Crippen LogP contribution in [0.5, 0.6) is 11.5 Å². The highest BCUT2D eigenvalue weighted by molar-refractivity contribution is 7.92. The molecule has 0 saturated carbocycles. The fourth-order valence-corrected chi connectivity index (χ4v) is 5.05. The van der Waals surface area contributed by atoms with Gasteiger partial charge in [-0.3, -0.25) is 9.10 Å². The molecule has 37 heavy (non-hydrogen) atoms. The number of benzene rings is 3. The van der Waals surface area contributed by atoms with Gasteiger partial charge in [-0.25, -0.2) is 18.6 Å². The van der Waals surface area contributed by atoms with E-state index < -0.39 is 28.6 Å². The summed E-state index contributed by atoms with van der Waals surface area (Å²) >= 11 is 12.2. The summed E-state index contributed by atoms with van der Waals surface area (Å²) in [6, 6.07) is 16.4. The average molecular weight is 566 g/mol. The number of hydrogen-bond donors (Lipinski definition) is 1. The molecule has 1 N–H and O–H groups in total. The van der Waals surface area contributed by atoms with Crippen molar-refractivity contribution >= 4 is 57.2 Å². The normalized spacial score (nSPS) is 11.1. The van der Waals surface area contributed by atoms with Gasteiger partial charge in [-0.15, -0.1) is 0 Å². The topological polar surface area (TPSA) is 124 Å². The SMILES string of the molecule is COC(=O)Oc1ccc(/C=N/NC(=O)CN(c2ccc(Cl)cc2Cl)S(=O)(=O)c2ccccc2)cc1OC. The number of hydrogen-bond acceptors (Lipinski definition) is 8. The van der Waals surface area contributed by atoms with Gasteiger partial charge in [0, 0.05) is 5.02 Å². The number of nitrogens with one attached hydrogen (secondary N) is 1. The molecule has 0 atom stereocenters. The van der Waals surface area contributed by atoms with Crippen molar-refractivity contribution in [2.75, 3.05) is 25.1 Å². The van der Waals surface area contributed by atoms with Gasteiger partial charge in [0.15, 0.2) is 11.5 Å². The number of sulfonamides is 1. The Balaban J connectivity index is 1.80. The molecule has 3 aromatic rings. The van der Waals surface area contributed by atoms with Gasteiger partial charge in [0.05, 0.1) is 36.0 Å². The van der Waals surface area contributed by atoms with Crippen molar-refractivity contribution in [3.63, 3.8) is 0 Å². The summed E-state index contributed by atoms with van der Waals surface area (Å²) in [5.41, 5.74) is 2.85. The second-order valence-electron chi connectivity index (χ2n) is 7.18. The molecule has 0 aliphatic rings. The van der Waals surface area contributed by atoms with Gasteiger partial charge in [0.25, 0.3) is 15.9 Å². The monoisotopic (exact) mass is 565 g/mol. The van der Waals surface area contributed by atoms with E-state index in [9.17, 15) is 18.0 Å². The van der Waals surface area contributed by atoms with Crippen molar-refractivity contribution in [3.05, 3.63) is 82.3 Å². The van der Waals surface area contributed by atoms with Crippen LogP contribution in [0.25, 0.3) is 0 Å². The Kier molecular flexibility index (Phi) is 9.34. The van der Waals surface area contributed by atoms with Crippen LogP contribution >= 0.6 is 23.2 Å². The summed E-state index contributed by atoms with van der Waals surface area (Å²) in [6.45, 7) is -0.620. The number of hydrazone groups is 1. The highest BCUT2D eigenvalue weighted by Crippen LogP contribution is 2.32. The summed E-state index contributed by atoms with van der Waals surface area (Å²) in [5.74, 6) is -0.394. The predicted molar refractivity (Wildman–Crippen MR) is 139 cm³/mol. The fraction of sp³-hybridized carbons (Fsp3) is 0.125. The first-order valence-electron chi connectivity index (χ1n) is 10.4. The van der Waals surface area contributed by atoms with Crippen molar-refractivity contribution in [3.8, 4) is 11.5 Å². The van der Waals surface area contributed by atoms with E-state index in [-0.39, 0.29) is 27.1 Å². The van der Waals surface area contributed by atoms with E-state index in [4.69, 9.17) is 32.7 Å². The lowest BCUT2D eigenvalue weighted by atomic mass is 10.2. The number of carbonyl (C=O) groups excluding carboxylic acids is 2. The Labute approximate surface area is 223 Å². The summed E-state index contributed by atoms with van der Waals surface area (Å²) < 4.78 is 42.2. The van der Waals surface area contributed by atoms with Crippen molar-refractivity contribution in [2.24, 2.45) is 5.10 Å². The summed E-state index contributed by atoms with van der Waals surface area (Å²) in [4.78, 5) is 24.0. The first-order valence-corrected chi connectivity index (χ1v) is 12.6. The summed E-state index contributed by atoms with van der Waals surface area (Å²) in [7, 11) is -1.61. The zero-order chi connectivity index (χ0) is 27.0. The van der Waals surface area contributed by atoms with Gasteiger partial charge in [-0.05, 0) is 54.1 Å². The van der Waals surface area contributed by atoms with Crippen molar-refractivity contribution in [2.45, 2.75) is 4.90 Å². The molecule has 0 radical (unpaired) electrons. The van der Waals surface area contributed by atoms with Crippen LogP contribution < -0.4 is 19.2 Å². The smallest absolute Gasteiger partial charge is 0.493 e. The average Bonchev–Trinajstić information content (AvgIpc) is 2.88. The van der Waals surface area contributed by atoms with E-state index in [1.807, 2.05) is 0 Å². The first kappa shape index (κ1) is 27.8. The molecule has 0 aliphatic heterocycles. The lowest BCUT2D eigenvalue weighted by molar-refractivity contribution is -0.119. The molecule has 0 saturated heterocycles. The molecule has 3 aromatic carbocycles. The van der Waals surface area contributed by atoms with Gasteiger partial charge >= 0.3 is 6.16 Å². The molecule has 0 bridgehead atoms. The Morgan fingerprint density at radius 1 is 1.00 bits per heavy atom. The third-order valence-corrected chi connectivity index (χ3v) is 7.06. The second kappa shape index (κ2) is 12.4. The van der Waals surface area contributed by atoms with E-state index in [2.05, 4.69) is 15.3 Å². The van der Waals surface area contributed by atoms with Crippen LogP contribution in [-0.2, 0) is 19.6 Å². The standard InChI is InChI=1S/C24H21Cl2N3O7S/c1-34-22-12-16(8-11-21(22)36-24(31)35-2)14-27-28-23(30)15-29(20-10-9-17(25)13-19(20)26)37(32,33)18-6-4-3-5-7-18/h3-14H,15H2,1-2H3,(H,28,30)/b27-14+. The number of amides is 1. The molecule has 0 aliphatic carbocycles. The Hall–Kier alpha value is -3.80. The number of halogens is 2. The van der Waals surface area contributed by atoms with Crippen molar-refractivity contribution in [1.82, 2.24) is 5.43 Å². The molecule has 0 unspecified atom stereocenters. The minimum absolute atomic E-state index is 0.0290. The number of nitrogens with zero attached hydrogens (tertiary/aromatic N) is 2. The van der Waals surface area contributed by atoms with Crippen LogP contribution in [0.3, 0.4) is 0 Å². The van der Waals surface area contributed by atoms with Crippen molar-refractivity contribution in [1.29, 1.82) is 0 Å². The molecule has 194 valence electrons. The molecule has 13 heteroatoms. The quantitative estimate of drug-likeness (QED) is 0.175. The van der Waals surface area contributed by atoms with Crippen LogP contribution in [0.2, 0.25) is 10.0 Å². The minimum atomic E-state index is -4.16. The zero-order valence-electron chi connectivity index (χ0n) is 19.6. The Morgan fingerprint density at radius 3 is 2.38 bits per heavy atom. The summed E-state index contributed by atoms with van der Waals surface area (Å²) in [5, 5.41) is 4.22. The minimum Gasteiger partial charge on any atom is -0.493 e. The predicted octanol–water partition coefficient (Wildman–Crippen LogP) is 4.49. The lowest BCUT2D eigenvalue weighted by Crippen LogP contribution is -2.39. The maximum absolute atomic E-state index is 13.4. The van der Waals surface area contributed by atoms with Crippen LogP contribution in [0.15, 0.2) is 76.7 Å². The molecule has 0 fully saturated rings. The molecular weight excluding hydrogens is 545 g/mol. The lowest BCUT2D eigenvalue weighted by Gasteiger charge is -2.24. The van der Waals surface area contributed by atoms with Crippen LogP contribution in [-0.4, -0.2) is 47.5 Å². The van der Waals surface area contributed by atoms with Crippen LogP contribution in [0.4, 0.5) is 10.5 Å². The largest absolute Gasteiger partial charge is 0.513 e. The maximum Gasteiger partial charge on any atom is 0.513 e. The second-order valence-corrected chi connectivity index (χ2v) is 9.89. The van der Waals surface area contributed by atoms with Crippen LogP contribution in [0, 0.1) is 0 Å². The maximum atomic E-state index is 13.4. The third kappa shape index (κ3) is 7.13. The highest BCUT2D eigenvalue weighted by Gasteiger charge is 2.28. The van der Waals surface area contributed by atoms with E-state index in [0.717, 1.165) is 4.31 Å². The third-order valence-electron chi connectivity index (χ3n) is 4.75. The number of anilines is 1. The van der Waals surface area contributed by atoms with Crippen molar-refractivity contribution < 1.29 is 32.2 Å². The number of carbonyl (C=O) groups is 2. The Morgan fingerprint density at radius 2 is 1.73 bits per heavy atom. The summed E-state index contributed by atoms with van der Waals surface area (Å²) in [6.07, 6.45) is 0.385. The number of rotatable bonds is 9. The van der Waals surface area contributed by atoms with Gasteiger partial charge in [0.1, 0.15) is 6.54 Å². The molecule has 1 amide bonds. The number of ether oxygens (including phenoxy) is 3. The van der Waals surface area contributed by atoms with Gasteiger partial charge in [-0.1, -0.05) is 41.4 Å². The molecule has 10 nitrogen and oxygen atoms in total. The molecule has 3 rings (SSSR count).